The Morgan fingerprint density at radius 2 is 2.05 bits per heavy atom. The SMILES string of the molecule is COC(=O)c1ccc(Cl)c(NC(=O)c2csc(I)c2)c1. The number of methoxy groups -OCH3 is 1. The van der Waals surface area contributed by atoms with Crippen LogP contribution in [0.25, 0.3) is 0 Å². The maximum Gasteiger partial charge on any atom is 0.337 e. The molecule has 7 heteroatoms. The van der Waals surface area contributed by atoms with Gasteiger partial charge in [0.2, 0.25) is 0 Å². The molecule has 0 aliphatic rings. The minimum Gasteiger partial charge on any atom is -0.465 e. The number of nitrogens with one attached hydrogen (secondary N) is 1. The van der Waals surface area contributed by atoms with Crippen molar-refractivity contribution in [3.63, 3.8) is 0 Å². The number of amides is 1. The van der Waals surface area contributed by atoms with Crippen molar-refractivity contribution in [2.24, 2.45) is 0 Å². The Hall–Kier alpha value is -1.12. The van der Waals surface area contributed by atoms with E-state index in [1.54, 1.807) is 17.5 Å². The first-order valence-corrected chi connectivity index (χ1v) is 7.78. The summed E-state index contributed by atoms with van der Waals surface area (Å²) in [5, 5.41) is 4.80. The molecule has 104 valence electrons. The fourth-order valence-electron chi connectivity index (χ4n) is 1.49. The second-order valence-electron chi connectivity index (χ2n) is 3.78. The summed E-state index contributed by atoms with van der Waals surface area (Å²) in [6, 6.07) is 6.35. The van der Waals surface area contributed by atoms with E-state index in [0.717, 1.165) is 2.88 Å². The van der Waals surface area contributed by atoms with E-state index in [2.05, 4.69) is 32.6 Å². The molecule has 20 heavy (non-hydrogen) atoms. The third-order valence-corrected chi connectivity index (χ3v) is 4.58. The molecule has 2 rings (SSSR count). The maximum atomic E-state index is 12.0. The zero-order valence-corrected chi connectivity index (χ0v) is 14.0. The van der Waals surface area contributed by atoms with Crippen LogP contribution in [0.4, 0.5) is 5.69 Å². The van der Waals surface area contributed by atoms with Crippen molar-refractivity contribution in [1.29, 1.82) is 0 Å². The van der Waals surface area contributed by atoms with Crippen molar-refractivity contribution in [2.75, 3.05) is 12.4 Å². The monoisotopic (exact) mass is 421 g/mol. The van der Waals surface area contributed by atoms with Crippen molar-refractivity contribution < 1.29 is 14.3 Å². The highest BCUT2D eigenvalue weighted by molar-refractivity contribution is 14.1. The van der Waals surface area contributed by atoms with Crippen molar-refractivity contribution in [3.05, 3.63) is 48.7 Å². The van der Waals surface area contributed by atoms with Crippen LogP contribution in [0, 0.1) is 2.88 Å². The molecule has 1 aromatic heterocycles. The first-order chi connectivity index (χ1) is 9.51. The molecule has 0 saturated carbocycles. The van der Waals surface area contributed by atoms with E-state index in [0.29, 0.717) is 21.8 Å². The quantitative estimate of drug-likeness (QED) is 0.601. The fourth-order valence-corrected chi connectivity index (χ4v) is 2.98. The Labute approximate surface area is 138 Å². The fraction of sp³-hybridized carbons (Fsp3) is 0.0769. The number of thiophene rings is 1. The van der Waals surface area contributed by atoms with E-state index in [-0.39, 0.29) is 5.91 Å². The lowest BCUT2D eigenvalue weighted by Gasteiger charge is -2.08. The van der Waals surface area contributed by atoms with Gasteiger partial charge >= 0.3 is 5.97 Å². The third-order valence-electron chi connectivity index (χ3n) is 2.47. The van der Waals surface area contributed by atoms with Gasteiger partial charge in [0.05, 0.1) is 31.8 Å². The summed E-state index contributed by atoms with van der Waals surface area (Å²) in [4.78, 5) is 23.5. The molecule has 0 bridgehead atoms. The third kappa shape index (κ3) is 3.50. The number of rotatable bonds is 3. The Balaban J connectivity index is 2.24. The molecule has 0 spiro atoms. The van der Waals surface area contributed by atoms with Crippen LogP contribution in [0.5, 0.6) is 0 Å². The zero-order chi connectivity index (χ0) is 14.7. The summed E-state index contributed by atoms with van der Waals surface area (Å²) in [6.07, 6.45) is 0. The summed E-state index contributed by atoms with van der Waals surface area (Å²) >= 11 is 9.63. The van der Waals surface area contributed by atoms with Gasteiger partial charge in [0.1, 0.15) is 0 Å². The standard InChI is InChI=1S/C13H9ClINO3S/c1-19-13(18)7-2-3-9(14)10(4-7)16-12(17)8-5-11(15)20-6-8/h2-6H,1H3,(H,16,17). The van der Waals surface area contributed by atoms with Gasteiger partial charge in [0, 0.05) is 5.38 Å². The molecule has 0 aliphatic heterocycles. The summed E-state index contributed by atoms with van der Waals surface area (Å²) in [5.41, 5.74) is 1.26. The zero-order valence-electron chi connectivity index (χ0n) is 10.3. The number of carbonyl (C=O) groups is 2. The van der Waals surface area contributed by atoms with Gasteiger partial charge in [-0.05, 0) is 46.9 Å². The molecule has 0 atom stereocenters. The van der Waals surface area contributed by atoms with Crippen LogP contribution in [0.1, 0.15) is 20.7 Å². The lowest BCUT2D eigenvalue weighted by molar-refractivity contribution is 0.0600. The first-order valence-electron chi connectivity index (χ1n) is 5.44. The number of hydrogen-bond donors (Lipinski definition) is 1. The van der Waals surface area contributed by atoms with E-state index in [4.69, 9.17) is 11.6 Å². The first kappa shape index (κ1) is 15.3. The molecule has 1 amide bonds. The number of anilines is 1. The largest absolute Gasteiger partial charge is 0.465 e. The Bertz CT molecular complexity index is 671. The Morgan fingerprint density at radius 1 is 1.30 bits per heavy atom. The summed E-state index contributed by atoms with van der Waals surface area (Å²) in [6.45, 7) is 0. The molecular weight excluding hydrogens is 413 g/mol. The number of esters is 1. The van der Waals surface area contributed by atoms with Gasteiger partial charge in [0.15, 0.2) is 0 Å². The molecular formula is C13H9ClINO3S. The van der Waals surface area contributed by atoms with Gasteiger partial charge < -0.3 is 10.1 Å². The van der Waals surface area contributed by atoms with Gasteiger partial charge in [-0.2, -0.15) is 0 Å². The smallest absolute Gasteiger partial charge is 0.337 e. The average Bonchev–Trinajstić information content (AvgIpc) is 2.87. The number of hydrogen-bond acceptors (Lipinski definition) is 4. The predicted molar refractivity (Wildman–Crippen MR) is 87.8 cm³/mol. The second kappa shape index (κ2) is 6.55. The Kier molecular flexibility index (Phi) is 5.00. The van der Waals surface area contributed by atoms with Crippen LogP contribution in [-0.2, 0) is 4.74 Å². The number of carbonyl (C=O) groups excluding carboxylic acids is 2. The van der Waals surface area contributed by atoms with Crippen molar-refractivity contribution >= 4 is 63.1 Å². The molecule has 1 aromatic carbocycles. The van der Waals surface area contributed by atoms with Gasteiger partial charge in [-0.1, -0.05) is 11.6 Å². The molecule has 1 heterocycles. The van der Waals surface area contributed by atoms with Crippen molar-refractivity contribution in [1.82, 2.24) is 0 Å². The molecule has 2 aromatic rings. The minimum atomic E-state index is -0.484. The van der Waals surface area contributed by atoms with E-state index in [9.17, 15) is 9.59 Å². The van der Waals surface area contributed by atoms with Crippen LogP contribution >= 0.6 is 45.5 Å². The highest BCUT2D eigenvalue weighted by Crippen LogP contribution is 2.25. The molecule has 1 N–H and O–H groups in total. The summed E-state index contributed by atoms with van der Waals surface area (Å²) < 4.78 is 5.65. The average molecular weight is 422 g/mol. The van der Waals surface area contributed by atoms with Crippen molar-refractivity contribution in [3.8, 4) is 0 Å². The van der Waals surface area contributed by atoms with E-state index in [1.165, 1.54) is 30.6 Å². The predicted octanol–water partition coefficient (Wildman–Crippen LogP) is 4.05. The van der Waals surface area contributed by atoms with Gasteiger partial charge in [0.25, 0.3) is 5.91 Å². The van der Waals surface area contributed by atoms with Gasteiger partial charge in [-0.25, -0.2) is 4.79 Å². The van der Waals surface area contributed by atoms with Crippen LogP contribution in [0.15, 0.2) is 29.6 Å². The molecule has 0 unspecified atom stereocenters. The topological polar surface area (TPSA) is 55.4 Å². The number of ether oxygens (including phenoxy) is 1. The Morgan fingerprint density at radius 3 is 2.65 bits per heavy atom. The summed E-state index contributed by atoms with van der Waals surface area (Å²) in [7, 11) is 1.29. The molecule has 0 aliphatic carbocycles. The lowest BCUT2D eigenvalue weighted by Crippen LogP contribution is -2.12. The van der Waals surface area contributed by atoms with Gasteiger partial charge in [-0.3, -0.25) is 4.79 Å². The highest BCUT2D eigenvalue weighted by Gasteiger charge is 2.13. The van der Waals surface area contributed by atoms with E-state index < -0.39 is 5.97 Å². The van der Waals surface area contributed by atoms with Crippen molar-refractivity contribution in [2.45, 2.75) is 0 Å². The highest BCUT2D eigenvalue weighted by atomic mass is 127. The number of benzene rings is 1. The number of halogens is 2. The van der Waals surface area contributed by atoms with Crippen LogP contribution in [-0.4, -0.2) is 19.0 Å². The summed E-state index contributed by atoms with van der Waals surface area (Å²) in [5.74, 6) is -0.754. The maximum absolute atomic E-state index is 12.0. The molecule has 4 nitrogen and oxygen atoms in total. The lowest BCUT2D eigenvalue weighted by atomic mass is 10.2. The molecule has 0 fully saturated rings. The van der Waals surface area contributed by atoms with Crippen LogP contribution in [0.3, 0.4) is 0 Å². The van der Waals surface area contributed by atoms with E-state index in [1.807, 2.05) is 0 Å². The van der Waals surface area contributed by atoms with E-state index >= 15 is 0 Å². The molecule has 0 saturated heterocycles. The second-order valence-corrected chi connectivity index (χ2v) is 6.99. The molecule has 0 radical (unpaired) electrons. The minimum absolute atomic E-state index is 0.270. The van der Waals surface area contributed by atoms with Gasteiger partial charge in [-0.15, -0.1) is 11.3 Å². The normalized spacial score (nSPS) is 10.2. The van der Waals surface area contributed by atoms with Crippen LogP contribution < -0.4 is 5.32 Å². The van der Waals surface area contributed by atoms with Crippen LogP contribution in [0.2, 0.25) is 5.02 Å².